The Morgan fingerprint density at radius 1 is 2.00 bits per heavy atom. The number of aliphatic hydroxyl groups is 1. The van der Waals surface area contributed by atoms with Crippen molar-refractivity contribution in [1.82, 2.24) is 10.2 Å². The molecule has 1 unspecified atom stereocenters. The highest BCUT2D eigenvalue weighted by Gasteiger charge is 2.31. The first kappa shape index (κ1) is 3.03. The maximum Gasteiger partial charge on any atom is 0.124 e. The van der Waals surface area contributed by atoms with Crippen LogP contribution in [0.25, 0.3) is 0 Å². The Bertz CT molecular complexity index is 471. The average molecular weight is 174 g/mol. The third-order valence-electron chi connectivity index (χ3n) is 1.52. The number of nitrogens with one attached hydrogen (secondary N) is 1. The van der Waals surface area contributed by atoms with Gasteiger partial charge in [0.25, 0.3) is 0 Å². The molecular weight excluding hydrogens is 154 g/mol. The molecule has 12 heavy (non-hydrogen) atoms. The summed E-state index contributed by atoms with van der Waals surface area (Å²) in [6, 6.07) is 1.31. The topological polar surface area (TPSA) is 52.1 Å². The molecule has 66 valence electrons. The van der Waals surface area contributed by atoms with Crippen molar-refractivity contribution in [2.24, 2.45) is 0 Å². The summed E-state index contributed by atoms with van der Waals surface area (Å²) in [5.74, 6) is -0.0322. The second-order valence-corrected chi connectivity index (χ2v) is 2.58. The summed E-state index contributed by atoms with van der Waals surface area (Å²) < 4.78 is 53.3. The smallest absolute Gasteiger partial charge is 0.124 e. The van der Waals surface area contributed by atoms with Crippen LogP contribution in [-0.4, -0.2) is 33.9 Å². The zero-order chi connectivity index (χ0) is 14.7. The van der Waals surface area contributed by atoms with Crippen molar-refractivity contribution in [3.63, 3.8) is 0 Å². The Morgan fingerprint density at radius 2 is 2.92 bits per heavy atom. The first-order chi connectivity index (χ1) is 8.43. The second kappa shape index (κ2) is 2.48. The van der Waals surface area contributed by atoms with Gasteiger partial charge in [-0.2, -0.15) is 5.10 Å². The van der Waals surface area contributed by atoms with Gasteiger partial charge in [-0.05, 0) is 13.3 Å². The van der Waals surface area contributed by atoms with Crippen molar-refractivity contribution in [2.75, 3.05) is 17.9 Å². The monoisotopic (exact) mass is 174 g/mol. The molecule has 4 heteroatoms. The summed E-state index contributed by atoms with van der Waals surface area (Å²) >= 11 is 0. The fourth-order valence-electron chi connectivity index (χ4n) is 0.976. The molecule has 0 amide bonds. The minimum atomic E-state index is -3.06. The van der Waals surface area contributed by atoms with Gasteiger partial charge in [-0.25, -0.2) is 0 Å². The van der Waals surface area contributed by atoms with Gasteiger partial charge < -0.3 is 10.0 Å². The molecule has 4 nitrogen and oxygen atoms in total. The van der Waals surface area contributed by atoms with E-state index in [4.69, 9.17) is 9.60 Å². The van der Waals surface area contributed by atoms with E-state index in [-0.39, 0.29) is 5.82 Å². The van der Waals surface area contributed by atoms with Crippen LogP contribution in [0.5, 0.6) is 0 Å². The van der Waals surface area contributed by atoms with Gasteiger partial charge >= 0.3 is 0 Å². The summed E-state index contributed by atoms with van der Waals surface area (Å²) in [7, 11) is 0. The van der Waals surface area contributed by atoms with Crippen molar-refractivity contribution in [3.05, 3.63) is 12.3 Å². The number of aromatic nitrogens is 2. The first-order valence-electron chi connectivity index (χ1n) is 6.96. The molecule has 1 aromatic heterocycles. The lowest BCUT2D eigenvalue weighted by atomic mass is 10.1. The highest BCUT2D eigenvalue weighted by Crippen LogP contribution is 2.24. The van der Waals surface area contributed by atoms with E-state index in [1.165, 1.54) is 12.3 Å². The number of hydrogen-bond acceptors (Lipinski definition) is 3. The lowest BCUT2D eigenvalue weighted by Crippen LogP contribution is -2.29. The van der Waals surface area contributed by atoms with E-state index in [1.54, 1.807) is 0 Å². The maximum absolute atomic E-state index is 10.2. The van der Waals surface area contributed by atoms with Gasteiger partial charge in [0, 0.05) is 25.9 Å². The number of rotatable bonds is 1. The van der Waals surface area contributed by atoms with Gasteiger partial charge in [0.05, 0.1) is 14.5 Å². The molecule has 1 saturated heterocycles. The summed E-state index contributed by atoms with van der Waals surface area (Å²) in [6.45, 7) is -8.23. The molecule has 1 fully saturated rings. The van der Waals surface area contributed by atoms with Crippen LogP contribution in [0, 0.1) is 0 Å². The SMILES string of the molecule is [2H]C1([2H])CC(O)(C([2H])([2H])[2H])C([2H])([2H])N1c1ccn[nH]1. The van der Waals surface area contributed by atoms with Crippen molar-refractivity contribution >= 4 is 5.82 Å². The van der Waals surface area contributed by atoms with Crippen LogP contribution in [0.1, 0.15) is 22.9 Å². The fourth-order valence-corrected chi connectivity index (χ4v) is 0.976. The number of aromatic amines is 1. The van der Waals surface area contributed by atoms with Gasteiger partial charge in [0.2, 0.25) is 0 Å². The predicted molar refractivity (Wildman–Crippen MR) is 46.0 cm³/mol. The number of H-pyrrole nitrogens is 1. The second-order valence-electron chi connectivity index (χ2n) is 2.58. The fraction of sp³-hybridized carbons (Fsp3) is 0.625. The van der Waals surface area contributed by atoms with Crippen molar-refractivity contribution in [3.8, 4) is 0 Å². The lowest BCUT2D eigenvalue weighted by molar-refractivity contribution is 0.0839. The molecule has 1 aromatic rings. The van der Waals surface area contributed by atoms with Crippen LogP contribution in [0.15, 0.2) is 12.3 Å². The number of nitrogens with zero attached hydrogens (tertiary/aromatic N) is 2. The van der Waals surface area contributed by atoms with E-state index in [0.717, 1.165) is 0 Å². The molecule has 1 aliphatic rings. The normalized spacial score (nSPS) is 47.8. The Labute approximate surface area is 81.0 Å². The predicted octanol–water partition coefficient (Wildman–Crippen LogP) is 0.371. The molecule has 1 aliphatic heterocycles. The Hall–Kier alpha value is -1.03. The van der Waals surface area contributed by atoms with E-state index >= 15 is 0 Å². The Morgan fingerprint density at radius 3 is 3.50 bits per heavy atom. The molecule has 0 aliphatic carbocycles. The van der Waals surface area contributed by atoms with Gasteiger partial charge in [-0.3, -0.25) is 5.10 Å². The minimum Gasteiger partial charge on any atom is -0.388 e. The molecule has 2 rings (SSSR count). The molecule has 0 radical (unpaired) electrons. The van der Waals surface area contributed by atoms with Gasteiger partial charge in [0.15, 0.2) is 0 Å². The number of anilines is 1. The maximum atomic E-state index is 10.2. The van der Waals surface area contributed by atoms with E-state index < -0.39 is 31.9 Å². The van der Waals surface area contributed by atoms with E-state index in [2.05, 4.69) is 10.2 Å². The third kappa shape index (κ3) is 1.30. The van der Waals surface area contributed by atoms with Crippen LogP contribution in [0.3, 0.4) is 0 Å². The number of hydrogen-bond donors (Lipinski definition) is 2. The molecule has 2 N–H and O–H groups in total. The van der Waals surface area contributed by atoms with Crippen LogP contribution in [0.4, 0.5) is 5.82 Å². The first-order valence-corrected chi connectivity index (χ1v) is 3.46. The van der Waals surface area contributed by atoms with Crippen LogP contribution in [0.2, 0.25) is 0 Å². The Balaban J connectivity index is 2.58. The van der Waals surface area contributed by atoms with Crippen molar-refractivity contribution in [2.45, 2.75) is 18.9 Å². The van der Waals surface area contributed by atoms with Crippen LogP contribution in [-0.2, 0) is 0 Å². The van der Waals surface area contributed by atoms with E-state index in [1.807, 2.05) is 0 Å². The average Bonchev–Trinajstić information content (AvgIpc) is 2.70. The van der Waals surface area contributed by atoms with Crippen molar-refractivity contribution < 1.29 is 14.7 Å². The third-order valence-corrected chi connectivity index (χ3v) is 1.52. The summed E-state index contributed by atoms with van der Waals surface area (Å²) in [5.41, 5.74) is -2.81. The largest absolute Gasteiger partial charge is 0.388 e. The molecule has 0 aromatic carbocycles. The van der Waals surface area contributed by atoms with Gasteiger partial charge in [-0.15, -0.1) is 0 Å². The zero-order valence-electron chi connectivity index (χ0n) is 13.2. The lowest BCUT2D eigenvalue weighted by Gasteiger charge is -2.18. The van der Waals surface area contributed by atoms with Gasteiger partial charge in [0.1, 0.15) is 5.82 Å². The molecule has 2 heterocycles. The summed E-state index contributed by atoms with van der Waals surface area (Å²) in [5, 5.41) is 16.2. The van der Waals surface area contributed by atoms with Gasteiger partial charge in [-0.1, -0.05) is 0 Å². The van der Waals surface area contributed by atoms with E-state index in [9.17, 15) is 5.11 Å². The quantitative estimate of drug-likeness (QED) is 0.647. The van der Waals surface area contributed by atoms with E-state index in [0.29, 0.717) is 4.90 Å². The summed E-state index contributed by atoms with van der Waals surface area (Å²) in [4.78, 5) is 0.583. The van der Waals surface area contributed by atoms with Crippen LogP contribution < -0.4 is 4.90 Å². The summed E-state index contributed by atoms with van der Waals surface area (Å²) in [6.07, 6.45) is 0.413. The zero-order valence-corrected chi connectivity index (χ0v) is 6.20. The minimum absolute atomic E-state index is 0.0322. The van der Waals surface area contributed by atoms with Crippen molar-refractivity contribution in [1.29, 1.82) is 0 Å². The molecule has 0 bridgehead atoms. The molecule has 0 saturated carbocycles. The standard InChI is InChI=1S/C8H13N3O/c1-8(12)3-5-11(6-8)7-2-4-9-10-7/h2,4,12H,3,5-6H2,1H3,(H,9,10)/i1D3,5D2,6D2. The Kier molecular flexibility index (Phi) is 0.627. The molecular formula is C8H13N3O. The molecule has 0 spiro atoms. The highest BCUT2D eigenvalue weighted by atomic mass is 16.3. The molecule has 1 atom stereocenters. The number of β-amino-alcohol motifs (C(OH)–C–C–N with tert-alkyl or cyclic N) is 1. The van der Waals surface area contributed by atoms with Crippen LogP contribution >= 0.6 is 0 Å². The highest BCUT2D eigenvalue weighted by molar-refractivity contribution is 5.38.